The SMILES string of the molecule is CN(Cl)C1CCCCC1. The Labute approximate surface area is 62.1 Å². The van der Waals surface area contributed by atoms with Gasteiger partial charge in [0, 0.05) is 13.1 Å². The molecule has 54 valence electrons. The minimum absolute atomic E-state index is 0.653. The third-order valence-corrected chi connectivity index (χ3v) is 2.35. The molecule has 1 rings (SSSR count). The van der Waals surface area contributed by atoms with E-state index in [0.29, 0.717) is 6.04 Å². The predicted octanol–water partition coefficient (Wildman–Crippen LogP) is 2.40. The van der Waals surface area contributed by atoms with Gasteiger partial charge in [0.1, 0.15) is 0 Å². The number of halogens is 1. The van der Waals surface area contributed by atoms with Crippen LogP contribution < -0.4 is 0 Å². The van der Waals surface area contributed by atoms with Gasteiger partial charge in [0.25, 0.3) is 0 Å². The summed E-state index contributed by atoms with van der Waals surface area (Å²) in [5, 5.41) is 0. The molecular weight excluding hydrogens is 134 g/mol. The van der Waals surface area contributed by atoms with Crippen LogP contribution in [0.3, 0.4) is 0 Å². The van der Waals surface area contributed by atoms with Gasteiger partial charge in [0.15, 0.2) is 0 Å². The van der Waals surface area contributed by atoms with Gasteiger partial charge >= 0.3 is 0 Å². The Bertz CT molecular complexity index is 77.0. The van der Waals surface area contributed by atoms with Crippen molar-refractivity contribution in [2.24, 2.45) is 0 Å². The molecule has 1 fully saturated rings. The van der Waals surface area contributed by atoms with Crippen LogP contribution in [0, 0.1) is 0 Å². The molecule has 0 aliphatic heterocycles. The first kappa shape index (κ1) is 7.36. The van der Waals surface area contributed by atoms with Gasteiger partial charge < -0.3 is 0 Å². The molecule has 0 aromatic heterocycles. The van der Waals surface area contributed by atoms with Crippen LogP contribution in [0.5, 0.6) is 0 Å². The van der Waals surface area contributed by atoms with E-state index in [4.69, 9.17) is 11.8 Å². The van der Waals surface area contributed by atoms with E-state index in [0.717, 1.165) is 0 Å². The molecule has 0 atom stereocenters. The largest absolute Gasteiger partial charge is 0.220 e. The van der Waals surface area contributed by atoms with Crippen molar-refractivity contribution >= 4 is 11.8 Å². The molecule has 0 bridgehead atoms. The highest BCUT2D eigenvalue weighted by Crippen LogP contribution is 2.22. The summed E-state index contributed by atoms with van der Waals surface area (Å²) in [4.78, 5) is 0. The van der Waals surface area contributed by atoms with Crippen molar-refractivity contribution in [3.8, 4) is 0 Å². The molecule has 1 saturated carbocycles. The average Bonchev–Trinajstić information content (AvgIpc) is 1.90. The number of hydrogen-bond donors (Lipinski definition) is 0. The van der Waals surface area contributed by atoms with E-state index < -0.39 is 0 Å². The Hall–Kier alpha value is 0.250. The Kier molecular flexibility index (Phi) is 2.80. The summed E-state index contributed by atoms with van der Waals surface area (Å²) in [5.41, 5.74) is 0. The molecule has 0 heterocycles. The highest BCUT2D eigenvalue weighted by Gasteiger charge is 2.15. The molecule has 0 spiro atoms. The average molecular weight is 148 g/mol. The molecule has 0 saturated heterocycles. The zero-order chi connectivity index (χ0) is 6.69. The lowest BCUT2D eigenvalue weighted by Gasteiger charge is -2.25. The second-order valence-electron chi connectivity index (χ2n) is 2.82. The summed E-state index contributed by atoms with van der Waals surface area (Å²) in [6.07, 6.45) is 6.71. The fraction of sp³-hybridized carbons (Fsp3) is 1.00. The van der Waals surface area contributed by atoms with E-state index in [1.165, 1.54) is 32.1 Å². The monoisotopic (exact) mass is 147 g/mol. The lowest BCUT2D eigenvalue weighted by molar-refractivity contribution is 0.297. The van der Waals surface area contributed by atoms with Crippen molar-refractivity contribution in [2.75, 3.05) is 7.05 Å². The molecule has 0 N–H and O–H groups in total. The molecule has 9 heavy (non-hydrogen) atoms. The highest BCUT2D eigenvalue weighted by atomic mass is 35.5. The van der Waals surface area contributed by atoms with E-state index in [9.17, 15) is 0 Å². The summed E-state index contributed by atoms with van der Waals surface area (Å²) in [7, 11) is 1.96. The van der Waals surface area contributed by atoms with E-state index >= 15 is 0 Å². The third-order valence-electron chi connectivity index (χ3n) is 2.08. The molecule has 0 radical (unpaired) electrons. The quantitative estimate of drug-likeness (QED) is 0.515. The van der Waals surface area contributed by atoms with Gasteiger partial charge in [-0.3, -0.25) is 0 Å². The fourth-order valence-electron chi connectivity index (χ4n) is 1.44. The lowest BCUT2D eigenvalue weighted by atomic mass is 9.96. The molecule has 0 unspecified atom stereocenters. The molecule has 0 aromatic rings. The van der Waals surface area contributed by atoms with Crippen molar-refractivity contribution in [2.45, 2.75) is 38.1 Å². The van der Waals surface area contributed by atoms with Gasteiger partial charge in [-0.2, -0.15) is 0 Å². The van der Waals surface area contributed by atoms with Gasteiger partial charge in [-0.15, -0.1) is 0 Å². The molecule has 0 aromatic carbocycles. The maximum Gasteiger partial charge on any atom is 0.0248 e. The topological polar surface area (TPSA) is 3.24 Å². The van der Waals surface area contributed by atoms with Crippen LogP contribution >= 0.6 is 11.8 Å². The summed E-state index contributed by atoms with van der Waals surface area (Å²) in [6, 6.07) is 0.653. The van der Waals surface area contributed by atoms with Crippen molar-refractivity contribution in [1.29, 1.82) is 0 Å². The minimum Gasteiger partial charge on any atom is -0.220 e. The van der Waals surface area contributed by atoms with Gasteiger partial charge in [-0.25, -0.2) is 4.42 Å². The number of rotatable bonds is 1. The first-order valence-corrected chi connectivity index (χ1v) is 4.03. The van der Waals surface area contributed by atoms with Crippen molar-refractivity contribution in [3.63, 3.8) is 0 Å². The van der Waals surface area contributed by atoms with Crippen molar-refractivity contribution in [1.82, 2.24) is 4.42 Å². The predicted molar refractivity (Wildman–Crippen MR) is 40.5 cm³/mol. The molecule has 1 aliphatic carbocycles. The van der Waals surface area contributed by atoms with E-state index in [1.807, 2.05) is 11.5 Å². The van der Waals surface area contributed by atoms with Crippen molar-refractivity contribution < 1.29 is 0 Å². The highest BCUT2D eigenvalue weighted by molar-refractivity contribution is 6.13. The molecule has 1 nitrogen and oxygen atoms in total. The van der Waals surface area contributed by atoms with Crippen LogP contribution in [0.2, 0.25) is 0 Å². The maximum absolute atomic E-state index is 5.79. The maximum atomic E-state index is 5.79. The normalized spacial score (nSPS) is 23.0. The van der Waals surface area contributed by atoms with Gasteiger partial charge in [-0.05, 0) is 24.6 Å². The Morgan fingerprint density at radius 3 is 2.11 bits per heavy atom. The third kappa shape index (κ3) is 2.15. The second-order valence-corrected chi connectivity index (χ2v) is 3.35. The minimum atomic E-state index is 0.653. The first-order chi connectivity index (χ1) is 4.30. The summed E-state index contributed by atoms with van der Waals surface area (Å²) in [6.45, 7) is 0. The second kappa shape index (κ2) is 3.43. The molecule has 0 amide bonds. The molecule has 2 heteroatoms. The standard InChI is InChI=1S/C7H14ClN/c1-9(8)7-5-3-2-4-6-7/h7H,2-6H2,1H3. The molecule has 1 aliphatic rings. The van der Waals surface area contributed by atoms with E-state index in [2.05, 4.69) is 0 Å². The Morgan fingerprint density at radius 2 is 1.78 bits per heavy atom. The van der Waals surface area contributed by atoms with Gasteiger partial charge in [-0.1, -0.05) is 19.3 Å². The van der Waals surface area contributed by atoms with Gasteiger partial charge in [0.05, 0.1) is 0 Å². The van der Waals surface area contributed by atoms with E-state index in [-0.39, 0.29) is 0 Å². The number of nitrogens with zero attached hydrogens (tertiary/aromatic N) is 1. The van der Waals surface area contributed by atoms with Crippen LogP contribution in [-0.4, -0.2) is 17.5 Å². The summed E-state index contributed by atoms with van der Waals surface area (Å²) < 4.78 is 1.83. The Balaban J connectivity index is 2.23. The number of hydrogen-bond acceptors (Lipinski definition) is 1. The van der Waals surface area contributed by atoms with E-state index in [1.54, 1.807) is 0 Å². The lowest BCUT2D eigenvalue weighted by Crippen LogP contribution is -2.25. The Morgan fingerprint density at radius 1 is 1.22 bits per heavy atom. The van der Waals surface area contributed by atoms with Crippen LogP contribution in [0.1, 0.15) is 32.1 Å². The van der Waals surface area contributed by atoms with Crippen LogP contribution in [0.25, 0.3) is 0 Å². The zero-order valence-corrected chi connectivity index (χ0v) is 6.69. The smallest absolute Gasteiger partial charge is 0.0248 e. The van der Waals surface area contributed by atoms with Gasteiger partial charge in [0.2, 0.25) is 0 Å². The summed E-state index contributed by atoms with van der Waals surface area (Å²) >= 11 is 5.79. The zero-order valence-electron chi connectivity index (χ0n) is 5.94. The van der Waals surface area contributed by atoms with Crippen LogP contribution in [0.15, 0.2) is 0 Å². The van der Waals surface area contributed by atoms with Crippen LogP contribution in [-0.2, 0) is 0 Å². The first-order valence-electron chi connectivity index (χ1n) is 3.69. The summed E-state index contributed by atoms with van der Waals surface area (Å²) in [5.74, 6) is 0. The van der Waals surface area contributed by atoms with Crippen LogP contribution in [0.4, 0.5) is 0 Å². The fourth-order valence-corrected chi connectivity index (χ4v) is 1.63. The molecular formula is C7H14ClN. The van der Waals surface area contributed by atoms with Crippen molar-refractivity contribution in [3.05, 3.63) is 0 Å².